The number of hydrogen-bond acceptors (Lipinski definition) is 4. The van der Waals surface area contributed by atoms with E-state index in [1.165, 1.54) is 64.2 Å². The molecule has 24 heavy (non-hydrogen) atoms. The second-order valence-electron chi connectivity index (χ2n) is 7.02. The lowest BCUT2D eigenvalue weighted by Crippen LogP contribution is -2.10. The average Bonchev–Trinajstić information content (AvgIpc) is 2.65. The number of anilines is 1. The normalized spacial score (nSPS) is 18.8. The Balaban J connectivity index is 0.000000198. The third-order valence-electron chi connectivity index (χ3n) is 4.74. The molecule has 1 heterocycles. The quantitative estimate of drug-likeness (QED) is 0.735. The van der Waals surface area contributed by atoms with Gasteiger partial charge in [0.05, 0.1) is 18.1 Å². The van der Waals surface area contributed by atoms with Gasteiger partial charge in [-0.25, -0.2) is 15.0 Å². The van der Waals surface area contributed by atoms with Crippen molar-refractivity contribution in [3.05, 3.63) is 24.4 Å². The minimum atomic E-state index is 0.533. The summed E-state index contributed by atoms with van der Waals surface area (Å²) < 4.78 is 0. The second kappa shape index (κ2) is 11.0. The molecule has 1 aromatic rings. The molecule has 3 rings (SSSR count). The summed E-state index contributed by atoms with van der Waals surface area (Å²) in [6, 6.07) is 9.90. The predicted molar refractivity (Wildman–Crippen MR) is 102 cm³/mol. The van der Waals surface area contributed by atoms with Gasteiger partial charge >= 0.3 is 0 Å². The van der Waals surface area contributed by atoms with Crippen molar-refractivity contribution in [3.63, 3.8) is 0 Å². The first-order valence-corrected chi connectivity index (χ1v) is 9.49. The first-order chi connectivity index (χ1) is 11.8. The van der Waals surface area contributed by atoms with E-state index in [-0.39, 0.29) is 0 Å². The standard InChI is InChI=1S/C13H22N2.C7H10N2/c1-3-7-12(8-4-1)14-11-15-13-9-5-2-6-10-13;1-9(2)7-5-3-4-6-8-7/h12-13H,1-10H2;3-6H,1-2H3. The van der Waals surface area contributed by atoms with Crippen LogP contribution in [0.25, 0.3) is 0 Å². The fraction of sp³-hybridized carbons (Fsp3) is 0.700. The molecule has 0 atom stereocenters. The minimum absolute atomic E-state index is 0.533. The topological polar surface area (TPSA) is 40.9 Å². The molecule has 2 aliphatic rings. The van der Waals surface area contributed by atoms with Crippen LogP contribution in [0.5, 0.6) is 0 Å². The van der Waals surface area contributed by atoms with Crippen LogP contribution in [0.2, 0.25) is 0 Å². The van der Waals surface area contributed by atoms with E-state index in [0.717, 1.165) is 5.82 Å². The summed E-state index contributed by atoms with van der Waals surface area (Å²) in [7, 11) is 3.95. The summed E-state index contributed by atoms with van der Waals surface area (Å²) in [5.74, 6) is 0.998. The van der Waals surface area contributed by atoms with Crippen LogP contribution in [-0.2, 0) is 0 Å². The summed E-state index contributed by atoms with van der Waals surface area (Å²) in [5.41, 5.74) is 0. The van der Waals surface area contributed by atoms with Gasteiger partial charge in [-0.05, 0) is 37.8 Å². The van der Waals surface area contributed by atoms with Crippen molar-refractivity contribution in [1.29, 1.82) is 0 Å². The van der Waals surface area contributed by atoms with Crippen LogP contribution in [0.15, 0.2) is 34.4 Å². The first kappa shape index (κ1) is 18.7. The molecule has 2 saturated carbocycles. The lowest BCUT2D eigenvalue weighted by molar-refractivity contribution is 0.438. The van der Waals surface area contributed by atoms with Crippen molar-refractivity contribution in [2.45, 2.75) is 76.3 Å². The zero-order chi connectivity index (χ0) is 17.0. The molecule has 4 heteroatoms. The van der Waals surface area contributed by atoms with Crippen molar-refractivity contribution < 1.29 is 0 Å². The largest absolute Gasteiger partial charge is 0.363 e. The lowest BCUT2D eigenvalue weighted by Gasteiger charge is -2.17. The van der Waals surface area contributed by atoms with E-state index in [1.54, 1.807) is 6.20 Å². The molecule has 0 bridgehead atoms. The number of pyridine rings is 1. The summed E-state index contributed by atoms with van der Waals surface area (Å²) in [5, 5.41) is 0. The van der Waals surface area contributed by atoms with E-state index < -0.39 is 0 Å². The van der Waals surface area contributed by atoms with Gasteiger partial charge in [-0.15, -0.1) is 0 Å². The molecule has 0 radical (unpaired) electrons. The van der Waals surface area contributed by atoms with Crippen LogP contribution in [0.4, 0.5) is 5.82 Å². The summed E-state index contributed by atoms with van der Waals surface area (Å²) in [6.07, 6.45) is 15.0. The molecule has 0 amide bonds. The highest BCUT2D eigenvalue weighted by Crippen LogP contribution is 2.21. The molecule has 0 saturated heterocycles. The molecule has 132 valence electrons. The number of rotatable bonds is 3. The van der Waals surface area contributed by atoms with Crippen LogP contribution < -0.4 is 4.90 Å². The highest BCUT2D eigenvalue weighted by molar-refractivity contribution is 5.42. The molecule has 2 fully saturated rings. The fourth-order valence-corrected chi connectivity index (χ4v) is 3.24. The smallest absolute Gasteiger partial charge is 0.127 e. The molecular formula is C20H32N4. The first-order valence-electron chi connectivity index (χ1n) is 9.49. The van der Waals surface area contributed by atoms with Crippen LogP contribution in [0.3, 0.4) is 0 Å². The van der Waals surface area contributed by atoms with Crippen LogP contribution in [0.1, 0.15) is 64.2 Å². The Morgan fingerprint density at radius 1 is 0.875 bits per heavy atom. The SMILES string of the molecule is C(=NC1CCCCC1)=NC1CCCCC1.CN(C)c1ccccn1. The molecule has 0 spiro atoms. The van der Waals surface area contributed by atoms with Gasteiger partial charge in [0.2, 0.25) is 0 Å². The Morgan fingerprint density at radius 3 is 1.79 bits per heavy atom. The zero-order valence-electron chi connectivity index (χ0n) is 15.3. The van der Waals surface area contributed by atoms with Crippen molar-refractivity contribution in [2.75, 3.05) is 19.0 Å². The maximum atomic E-state index is 4.46. The summed E-state index contributed by atoms with van der Waals surface area (Å²) in [4.78, 5) is 15.0. The van der Waals surface area contributed by atoms with E-state index in [0.29, 0.717) is 12.1 Å². The van der Waals surface area contributed by atoms with Crippen molar-refractivity contribution in [3.8, 4) is 0 Å². The number of aromatic nitrogens is 1. The van der Waals surface area contributed by atoms with E-state index in [4.69, 9.17) is 0 Å². The van der Waals surface area contributed by atoms with Gasteiger partial charge in [0.25, 0.3) is 0 Å². The number of aliphatic imine (C=N–C) groups is 2. The minimum Gasteiger partial charge on any atom is -0.363 e. The van der Waals surface area contributed by atoms with Gasteiger partial charge in [-0.1, -0.05) is 44.6 Å². The van der Waals surface area contributed by atoms with E-state index in [9.17, 15) is 0 Å². The number of hydrogen-bond donors (Lipinski definition) is 0. The van der Waals surface area contributed by atoms with Gasteiger partial charge < -0.3 is 4.90 Å². The lowest BCUT2D eigenvalue weighted by atomic mass is 9.96. The maximum Gasteiger partial charge on any atom is 0.127 e. The van der Waals surface area contributed by atoms with Crippen molar-refractivity contribution in [1.82, 2.24) is 4.98 Å². The van der Waals surface area contributed by atoms with Gasteiger partial charge in [-0.3, -0.25) is 0 Å². The molecule has 0 unspecified atom stereocenters. The van der Waals surface area contributed by atoms with Crippen molar-refractivity contribution in [2.24, 2.45) is 9.98 Å². The fourth-order valence-electron chi connectivity index (χ4n) is 3.24. The molecule has 1 aromatic heterocycles. The van der Waals surface area contributed by atoms with Gasteiger partial charge in [0.1, 0.15) is 5.82 Å². The molecule has 0 N–H and O–H groups in total. The Morgan fingerprint density at radius 2 is 1.42 bits per heavy atom. The third-order valence-corrected chi connectivity index (χ3v) is 4.74. The zero-order valence-corrected chi connectivity index (χ0v) is 15.3. The van der Waals surface area contributed by atoms with Crippen molar-refractivity contribution >= 4 is 11.8 Å². The van der Waals surface area contributed by atoms with E-state index in [2.05, 4.69) is 21.0 Å². The maximum absolute atomic E-state index is 4.46. The van der Waals surface area contributed by atoms with E-state index in [1.807, 2.05) is 37.2 Å². The average molecular weight is 329 g/mol. The Hall–Kier alpha value is -1.67. The second-order valence-corrected chi connectivity index (χ2v) is 7.02. The summed E-state index contributed by atoms with van der Waals surface area (Å²) in [6.45, 7) is 0. The molecule has 2 aliphatic carbocycles. The third kappa shape index (κ3) is 7.27. The van der Waals surface area contributed by atoms with Crippen LogP contribution >= 0.6 is 0 Å². The van der Waals surface area contributed by atoms with Crippen LogP contribution in [0, 0.1) is 0 Å². The van der Waals surface area contributed by atoms with E-state index >= 15 is 0 Å². The Kier molecular flexibility index (Phi) is 8.54. The summed E-state index contributed by atoms with van der Waals surface area (Å²) >= 11 is 0. The molecule has 0 aromatic carbocycles. The highest BCUT2D eigenvalue weighted by Gasteiger charge is 2.12. The van der Waals surface area contributed by atoms with Gasteiger partial charge in [0, 0.05) is 20.3 Å². The monoisotopic (exact) mass is 328 g/mol. The number of nitrogens with zero attached hydrogens (tertiary/aromatic N) is 4. The molecular weight excluding hydrogens is 296 g/mol. The predicted octanol–water partition coefficient (Wildman–Crippen LogP) is 4.97. The molecule has 0 aliphatic heterocycles. The van der Waals surface area contributed by atoms with Gasteiger partial charge in [-0.2, -0.15) is 0 Å². The Labute approximate surface area is 147 Å². The van der Waals surface area contributed by atoms with Crippen LogP contribution in [-0.4, -0.2) is 37.2 Å². The molecule has 4 nitrogen and oxygen atoms in total. The van der Waals surface area contributed by atoms with Gasteiger partial charge in [0.15, 0.2) is 0 Å². The highest BCUT2D eigenvalue weighted by atomic mass is 15.1. The Bertz CT molecular complexity index is 472.